The van der Waals surface area contributed by atoms with Gasteiger partial charge in [0.25, 0.3) is 12.9 Å². The number of thioether (sulfide) groups is 2. The molecule has 0 saturated heterocycles. The number of aromatic nitrogens is 1. The largest absolute Gasteiger partial charge is 0.465 e. The molecular formula is C44H43N4O14S2Zn-. The standard InChI is InChI=1S/C44H44N4O14S2.Zn/c1-7-32(51)60-20-29(62-33(52)8-2)22-63-25(3)41(53)47-39-37(43(55)57-5)35(27-15-11-9-12-16-27)30(45-39)19-31-36(28-17-13-10-14-18-28)38(44(56)58-6)40(46-31)48-42(54)26(4)64-34(61-24-50)21-59-23-49;/h7-19,23-26,29,34H,1-2,20-22H2,3-6H3,(H3,45,46,47,48,53,54,55,56);/p-1. The first kappa shape index (κ1) is 52.8. The molecule has 18 nitrogen and oxygen atoms in total. The Morgan fingerprint density at radius 3 is 2.00 bits per heavy atom. The number of amides is 2. The number of methoxy groups -OCH3 is 2. The van der Waals surface area contributed by atoms with E-state index in [4.69, 9.17) is 33.4 Å². The van der Waals surface area contributed by atoms with Crippen LogP contribution >= 0.6 is 23.5 Å². The van der Waals surface area contributed by atoms with E-state index in [-0.39, 0.29) is 96.7 Å². The van der Waals surface area contributed by atoms with Crippen LogP contribution in [0, 0.1) is 0 Å². The number of esters is 4. The van der Waals surface area contributed by atoms with Gasteiger partial charge in [-0.2, -0.15) is 0 Å². The van der Waals surface area contributed by atoms with Crippen LogP contribution in [0.2, 0.25) is 0 Å². The fourth-order valence-corrected chi connectivity index (χ4v) is 7.56. The minimum absolute atomic E-state index is 0. The number of allylic oxidation sites excluding steroid dienone is 1. The summed E-state index contributed by atoms with van der Waals surface area (Å²) in [6.45, 7) is 9.43. The summed E-state index contributed by atoms with van der Waals surface area (Å²) in [5.74, 6) is -4.90. The number of hydrogen-bond donors (Lipinski definition) is 2. The number of carbonyl (C=O) groups excluding carboxylic acids is 8. The van der Waals surface area contributed by atoms with Gasteiger partial charge in [0.2, 0.25) is 5.91 Å². The molecule has 21 heteroatoms. The van der Waals surface area contributed by atoms with Gasteiger partial charge >= 0.3 is 23.9 Å². The maximum Gasteiger partial charge on any atom is 0.342 e. The zero-order valence-corrected chi connectivity index (χ0v) is 40.2. The first-order valence-electron chi connectivity index (χ1n) is 19.0. The molecule has 0 bridgehead atoms. The number of ether oxygens (including phenoxy) is 6. The predicted octanol–water partition coefficient (Wildman–Crippen LogP) is 4.27. The van der Waals surface area contributed by atoms with E-state index in [9.17, 15) is 38.4 Å². The van der Waals surface area contributed by atoms with Gasteiger partial charge in [-0.1, -0.05) is 73.8 Å². The van der Waals surface area contributed by atoms with Gasteiger partial charge in [-0.05, 0) is 48.1 Å². The molecule has 0 saturated carbocycles. The molecular weight excluding hydrogens is 938 g/mol. The normalized spacial score (nSPS) is 14.2. The average molecular weight is 981 g/mol. The maximum absolute atomic E-state index is 13.8. The number of anilines is 1. The first-order valence-corrected chi connectivity index (χ1v) is 21.0. The molecule has 1 aromatic heterocycles. The molecule has 65 heavy (non-hydrogen) atoms. The van der Waals surface area contributed by atoms with Crippen molar-refractivity contribution in [3.05, 3.63) is 114 Å². The summed E-state index contributed by atoms with van der Waals surface area (Å²) in [5.41, 5.74) is 0.300. The van der Waals surface area contributed by atoms with E-state index in [1.807, 2.05) is 0 Å². The smallest absolute Gasteiger partial charge is 0.342 e. The summed E-state index contributed by atoms with van der Waals surface area (Å²) in [6, 6.07) is 17.2. The Hall–Kier alpha value is -6.57. The second-order valence-corrected chi connectivity index (χ2v) is 15.9. The van der Waals surface area contributed by atoms with E-state index in [2.05, 4.69) is 28.8 Å². The minimum Gasteiger partial charge on any atom is -0.465 e. The second-order valence-electron chi connectivity index (χ2n) is 13.0. The maximum atomic E-state index is 13.8. The molecule has 2 N–H and O–H groups in total. The topological polar surface area (TPSA) is 242 Å². The Morgan fingerprint density at radius 2 is 1.42 bits per heavy atom. The molecule has 4 atom stereocenters. The van der Waals surface area contributed by atoms with Crippen LogP contribution in [0.4, 0.5) is 5.82 Å². The van der Waals surface area contributed by atoms with Gasteiger partial charge in [0.05, 0.1) is 36.0 Å². The van der Waals surface area contributed by atoms with Crippen molar-refractivity contribution in [2.45, 2.75) is 35.9 Å². The molecule has 0 fully saturated rings. The number of nitrogens with one attached hydrogen (secondary N) is 2. The first-order chi connectivity index (χ1) is 30.8. The summed E-state index contributed by atoms with van der Waals surface area (Å²) in [5, 5.41) is 3.57. The molecule has 2 amide bonds. The molecule has 2 aromatic carbocycles. The van der Waals surface area contributed by atoms with E-state index in [0.29, 0.717) is 11.1 Å². The van der Waals surface area contributed by atoms with Crippen LogP contribution in [0.5, 0.6) is 0 Å². The summed E-state index contributed by atoms with van der Waals surface area (Å²) in [4.78, 5) is 110. The predicted molar refractivity (Wildman–Crippen MR) is 237 cm³/mol. The summed E-state index contributed by atoms with van der Waals surface area (Å²) >= 11 is 1.91. The summed E-state index contributed by atoms with van der Waals surface area (Å²) in [7, 11) is 2.31. The number of rotatable bonds is 23. The third-order valence-corrected chi connectivity index (χ3v) is 11.2. The van der Waals surface area contributed by atoms with E-state index >= 15 is 0 Å². The van der Waals surface area contributed by atoms with Crippen LogP contribution < -0.4 is 15.6 Å². The van der Waals surface area contributed by atoms with Gasteiger partial charge in [0.15, 0.2) is 11.3 Å². The Balaban J connectivity index is 0.0000112. The van der Waals surface area contributed by atoms with Gasteiger partial charge in [-0.15, -0.1) is 23.5 Å². The minimum atomic E-state index is -1.03. The fraction of sp³-hybridized carbons (Fsp3) is 0.250. The van der Waals surface area contributed by atoms with Crippen molar-refractivity contribution in [2.75, 3.05) is 38.5 Å². The van der Waals surface area contributed by atoms with Crippen LogP contribution in [0.1, 0.15) is 35.5 Å². The SMILES string of the molecule is C=CC(=O)OCC(CSC(C)C(=O)NC1=N/C(=C\c2[n-]c(NC(=O)C(C)SC(COC=O)OC=O)c(C(=O)OC)c2-c2ccccc2)C(c2ccccc2)=C1C(=O)OC)OC(=O)C=C.[Zn]. The van der Waals surface area contributed by atoms with Gasteiger partial charge in [0.1, 0.15) is 30.7 Å². The molecule has 0 spiro atoms. The number of carbonyl (C=O) groups is 8. The summed E-state index contributed by atoms with van der Waals surface area (Å²) < 4.78 is 30.3. The van der Waals surface area contributed by atoms with Crippen LogP contribution in [-0.2, 0) is 81.5 Å². The second kappa shape index (κ2) is 26.3. The number of nitrogens with zero attached hydrogens (tertiary/aromatic N) is 2. The van der Waals surface area contributed by atoms with Gasteiger partial charge in [-0.25, -0.2) is 24.2 Å². The monoisotopic (exact) mass is 979 g/mol. The molecule has 0 aliphatic carbocycles. The quantitative estimate of drug-likeness (QED) is 0.0337. The van der Waals surface area contributed by atoms with Crippen LogP contribution in [0.25, 0.3) is 22.8 Å². The van der Waals surface area contributed by atoms with E-state index in [0.717, 1.165) is 49.9 Å². The van der Waals surface area contributed by atoms with Crippen molar-refractivity contribution in [3.63, 3.8) is 0 Å². The summed E-state index contributed by atoms with van der Waals surface area (Å²) in [6.07, 6.45) is 2.41. The average Bonchev–Trinajstić information content (AvgIpc) is 3.85. The number of amidine groups is 1. The molecule has 338 valence electrons. The number of hydrogen-bond acceptors (Lipinski definition) is 17. The third-order valence-electron chi connectivity index (χ3n) is 8.77. The van der Waals surface area contributed by atoms with Crippen molar-refractivity contribution in [3.8, 4) is 11.1 Å². The zero-order valence-electron chi connectivity index (χ0n) is 35.6. The van der Waals surface area contributed by atoms with Crippen molar-refractivity contribution in [1.82, 2.24) is 10.3 Å². The van der Waals surface area contributed by atoms with Gasteiger partial charge < -0.3 is 44.0 Å². The number of benzene rings is 2. The fourth-order valence-electron chi connectivity index (χ4n) is 5.78. The number of aliphatic imine (C=N–C) groups is 1. The van der Waals surface area contributed by atoms with Gasteiger partial charge in [-0.3, -0.25) is 19.2 Å². The van der Waals surface area contributed by atoms with Crippen LogP contribution in [-0.4, -0.2) is 110 Å². The third kappa shape index (κ3) is 14.5. The Labute approximate surface area is 394 Å². The van der Waals surface area contributed by atoms with Crippen molar-refractivity contribution >= 4 is 95.5 Å². The van der Waals surface area contributed by atoms with Crippen LogP contribution in [0.15, 0.2) is 102 Å². The van der Waals surface area contributed by atoms with Crippen molar-refractivity contribution in [2.24, 2.45) is 4.99 Å². The van der Waals surface area contributed by atoms with E-state index < -0.39 is 57.7 Å². The van der Waals surface area contributed by atoms with Gasteiger partial charge in [0, 0.05) is 43.0 Å². The van der Waals surface area contributed by atoms with E-state index in [1.54, 1.807) is 67.6 Å². The van der Waals surface area contributed by atoms with Crippen molar-refractivity contribution in [1.29, 1.82) is 0 Å². The van der Waals surface area contributed by atoms with E-state index in [1.165, 1.54) is 13.0 Å². The van der Waals surface area contributed by atoms with Crippen LogP contribution in [0.3, 0.4) is 0 Å². The zero-order chi connectivity index (χ0) is 46.8. The molecule has 1 aliphatic heterocycles. The molecule has 4 rings (SSSR count). The van der Waals surface area contributed by atoms with Crippen molar-refractivity contribution < 1.29 is 86.3 Å². The molecule has 1 aliphatic rings. The molecule has 2 heterocycles. The molecule has 0 radical (unpaired) electrons. The molecule has 4 unspecified atom stereocenters. The molecule has 3 aromatic rings. The Morgan fingerprint density at radius 1 is 0.800 bits per heavy atom. The Bertz CT molecular complexity index is 2350. The Kier molecular flexibility index (Phi) is 21.3.